The molecule has 7 heteroatoms. The van der Waals surface area contributed by atoms with E-state index in [4.69, 9.17) is 9.84 Å². The predicted molar refractivity (Wildman–Crippen MR) is 64.7 cm³/mol. The molecule has 6 nitrogen and oxygen atoms in total. The van der Waals surface area contributed by atoms with E-state index in [2.05, 4.69) is 0 Å². The molecule has 2 aliphatic rings. The number of sulfonamides is 1. The normalized spacial score (nSPS) is 27.4. The van der Waals surface area contributed by atoms with Crippen molar-refractivity contribution in [3.63, 3.8) is 0 Å². The highest BCUT2D eigenvalue weighted by molar-refractivity contribution is 7.89. The molecule has 2 fully saturated rings. The number of hydrogen-bond acceptors (Lipinski definition) is 4. The molecular weight excluding hydrogens is 258 g/mol. The zero-order valence-electron chi connectivity index (χ0n) is 10.2. The van der Waals surface area contributed by atoms with Crippen molar-refractivity contribution >= 4 is 16.0 Å². The van der Waals surface area contributed by atoms with Crippen LogP contribution in [0.15, 0.2) is 0 Å². The van der Waals surface area contributed by atoms with Crippen LogP contribution >= 0.6 is 0 Å². The molecule has 18 heavy (non-hydrogen) atoms. The van der Waals surface area contributed by atoms with E-state index in [0.717, 1.165) is 12.8 Å². The maximum Gasteiger partial charge on any atom is 0.322 e. The molecule has 0 amide bonds. The zero-order chi connectivity index (χ0) is 13.2. The molecule has 0 aromatic carbocycles. The van der Waals surface area contributed by atoms with Crippen LogP contribution in [0.4, 0.5) is 0 Å². The topological polar surface area (TPSA) is 83.9 Å². The van der Waals surface area contributed by atoms with Gasteiger partial charge in [0.25, 0.3) is 0 Å². The van der Waals surface area contributed by atoms with Gasteiger partial charge in [0.15, 0.2) is 0 Å². The van der Waals surface area contributed by atoms with Crippen molar-refractivity contribution in [3.05, 3.63) is 0 Å². The van der Waals surface area contributed by atoms with Crippen molar-refractivity contribution in [2.45, 2.75) is 31.7 Å². The van der Waals surface area contributed by atoms with E-state index in [1.54, 1.807) is 0 Å². The van der Waals surface area contributed by atoms with Crippen LogP contribution in [0.3, 0.4) is 0 Å². The maximum atomic E-state index is 12.2. The van der Waals surface area contributed by atoms with E-state index in [0.29, 0.717) is 32.6 Å². The molecule has 0 spiro atoms. The highest BCUT2D eigenvalue weighted by atomic mass is 32.2. The van der Waals surface area contributed by atoms with Crippen LogP contribution < -0.4 is 0 Å². The number of rotatable bonds is 4. The molecule has 0 aliphatic carbocycles. The average molecular weight is 277 g/mol. The van der Waals surface area contributed by atoms with E-state index in [1.165, 1.54) is 4.31 Å². The van der Waals surface area contributed by atoms with Crippen LogP contribution in [0.2, 0.25) is 0 Å². The summed E-state index contributed by atoms with van der Waals surface area (Å²) in [7, 11) is -3.46. The number of ether oxygens (including phenoxy) is 1. The Balaban J connectivity index is 2.03. The molecule has 2 rings (SSSR count). The number of carboxylic acid groups (broad SMARTS) is 1. The lowest BCUT2D eigenvalue weighted by molar-refractivity contribution is -0.140. The SMILES string of the molecule is O=C(O)[C@H]1CCCN1S(=O)(=O)CC1CCOCC1. The van der Waals surface area contributed by atoms with Crippen molar-refractivity contribution in [2.24, 2.45) is 5.92 Å². The summed E-state index contributed by atoms with van der Waals surface area (Å²) in [6.07, 6.45) is 2.53. The average Bonchev–Trinajstić information content (AvgIpc) is 2.79. The first kappa shape index (κ1) is 13.8. The van der Waals surface area contributed by atoms with Gasteiger partial charge in [-0.1, -0.05) is 0 Å². The molecule has 2 heterocycles. The quantitative estimate of drug-likeness (QED) is 0.798. The van der Waals surface area contributed by atoms with Gasteiger partial charge in [-0.3, -0.25) is 4.79 Å². The van der Waals surface area contributed by atoms with Crippen LogP contribution in [0.5, 0.6) is 0 Å². The summed E-state index contributed by atoms with van der Waals surface area (Å²) in [6, 6.07) is -0.866. The number of carbonyl (C=O) groups is 1. The Morgan fingerprint density at radius 2 is 1.94 bits per heavy atom. The molecule has 0 aromatic heterocycles. The standard InChI is InChI=1S/C11H19NO5S/c13-11(14)10-2-1-5-12(10)18(15,16)8-9-3-6-17-7-4-9/h9-10H,1-8H2,(H,13,14)/t10-/m1/s1. The zero-order valence-corrected chi connectivity index (χ0v) is 11.1. The van der Waals surface area contributed by atoms with Gasteiger partial charge in [-0.05, 0) is 31.6 Å². The van der Waals surface area contributed by atoms with Crippen LogP contribution in [-0.4, -0.2) is 55.4 Å². The maximum absolute atomic E-state index is 12.2. The summed E-state index contributed by atoms with van der Waals surface area (Å²) >= 11 is 0. The van der Waals surface area contributed by atoms with E-state index in [-0.39, 0.29) is 11.7 Å². The van der Waals surface area contributed by atoms with E-state index in [1.807, 2.05) is 0 Å². The van der Waals surface area contributed by atoms with Gasteiger partial charge in [0, 0.05) is 19.8 Å². The highest BCUT2D eigenvalue weighted by Crippen LogP contribution is 2.25. The van der Waals surface area contributed by atoms with Crippen molar-refractivity contribution in [1.82, 2.24) is 4.31 Å². The molecule has 0 saturated carbocycles. The minimum Gasteiger partial charge on any atom is -0.480 e. The van der Waals surface area contributed by atoms with Crippen LogP contribution in [-0.2, 0) is 19.6 Å². The summed E-state index contributed by atoms with van der Waals surface area (Å²) in [5, 5.41) is 9.03. The minimum absolute atomic E-state index is 0.0557. The first-order valence-electron chi connectivity index (χ1n) is 6.31. The number of hydrogen-bond donors (Lipinski definition) is 1. The summed E-state index contributed by atoms with van der Waals surface area (Å²) in [5.74, 6) is -0.887. The summed E-state index contributed by atoms with van der Waals surface area (Å²) < 4.78 is 30.8. The van der Waals surface area contributed by atoms with Crippen molar-refractivity contribution in [2.75, 3.05) is 25.5 Å². The smallest absolute Gasteiger partial charge is 0.322 e. The fourth-order valence-corrected chi connectivity index (χ4v) is 4.74. The molecule has 0 aromatic rings. The van der Waals surface area contributed by atoms with Gasteiger partial charge in [-0.15, -0.1) is 0 Å². The van der Waals surface area contributed by atoms with Gasteiger partial charge < -0.3 is 9.84 Å². The number of carboxylic acids is 1. The van der Waals surface area contributed by atoms with Gasteiger partial charge in [-0.25, -0.2) is 8.42 Å². The molecule has 0 radical (unpaired) electrons. The molecule has 2 saturated heterocycles. The second-order valence-electron chi connectivity index (χ2n) is 4.94. The summed E-state index contributed by atoms with van der Waals surface area (Å²) in [6.45, 7) is 1.54. The number of aliphatic carboxylic acids is 1. The Bertz CT molecular complexity index is 402. The lowest BCUT2D eigenvalue weighted by Crippen LogP contribution is -2.43. The Kier molecular flexibility index (Phi) is 4.24. The summed E-state index contributed by atoms with van der Waals surface area (Å²) in [4.78, 5) is 11.0. The minimum atomic E-state index is -3.46. The molecule has 0 unspecified atom stereocenters. The first-order chi connectivity index (χ1) is 8.50. The second-order valence-corrected chi connectivity index (χ2v) is 6.91. The largest absolute Gasteiger partial charge is 0.480 e. The van der Waals surface area contributed by atoms with Crippen LogP contribution in [0.25, 0.3) is 0 Å². The monoisotopic (exact) mass is 277 g/mol. The Labute approximate surface area is 107 Å². The lowest BCUT2D eigenvalue weighted by atomic mass is 10.0. The number of nitrogens with zero attached hydrogens (tertiary/aromatic N) is 1. The van der Waals surface area contributed by atoms with E-state index < -0.39 is 22.0 Å². The van der Waals surface area contributed by atoms with Gasteiger partial charge in [0.1, 0.15) is 6.04 Å². The highest BCUT2D eigenvalue weighted by Gasteiger charge is 2.39. The van der Waals surface area contributed by atoms with Crippen molar-refractivity contribution in [3.8, 4) is 0 Å². The van der Waals surface area contributed by atoms with Gasteiger partial charge in [-0.2, -0.15) is 4.31 Å². The molecule has 0 bridgehead atoms. The Morgan fingerprint density at radius 3 is 2.56 bits per heavy atom. The molecular formula is C11H19NO5S. The Morgan fingerprint density at radius 1 is 1.28 bits per heavy atom. The van der Waals surface area contributed by atoms with E-state index in [9.17, 15) is 13.2 Å². The van der Waals surface area contributed by atoms with Gasteiger partial charge in [0.2, 0.25) is 10.0 Å². The summed E-state index contributed by atoms with van der Waals surface area (Å²) in [5.41, 5.74) is 0. The van der Waals surface area contributed by atoms with Crippen molar-refractivity contribution < 1.29 is 23.1 Å². The third-order valence-corrected chi connectivity index (χ3v) is 5.68. The second kappa shape index (κ2) is 5.54. The third kappa shape index (κ3) is 3.02. The van der Waals surface area contributed by atoms with Crippen LogP contribution in [0, 0.1) is 5.92 Å². The Hall–Kier alpha value is -0.660. The first-order valence-corrected chi connectivity index (χ1v) is 7.91. The molecule has 1 N–H and O–H groups in total. The predicted octanol–water partition coefficient (Wildman–Crippen LogP) is 0.292. The lowest BCUT2D eigenvalue weighted by Gasteiger charge is -2.26. The van der Waals surface area contributed by atoms with Gasteiger partial charge in [0.05, 0.1) is 5.75 Å². The fraction of sp³-hybridized carbons (Fsp3) is 0.909. The molecule has 1 atom stereocenters. The van der Waals surface area contributed by atoms with Crippen molar-refractivity contribution in [1.29, 1.82) is 0 Å². The van der Waals surface area contributed by atoms with Gasteiger partial charge >= 0.3 is 5.97 Å². The molecule has 104 valence electrons. The van der Waals surface area contributed by atoms with Crippen LogP contribution in [0.1, 0.15) is 25.7 Å². The third-order valence-electron chi connectivity index (χ3n) is 3.63. The molecule has 2 aliphatic heterocycles. The fourth-order valence-electron chi connectivity index (χ4n) is 2.63. The van der Waals surface area contributed by atoms with E-state index >= 15 is 0 Å².